The van der Waals surface area contributed by atoms with E-state index >= 15 is 0 Å². The van der Waals surface area contributed by atoms with Gasteiger partial charge >= 0.3 is 6.03 Å². The molecule has 172 valence electrons. The second kappa shape index (κ2) is 8.29. The molecular formula is C23H25BrClN7O. The van der Waals surface area contributed by atoms with Crippen molar-refractivity contribution in [1.29, 1.82) is 0 Å². The summed E-state index contributed by atoms with van der Waals surface area (Å²) in [5.41, 5.74) is 1.53. The number of imidazole rings is 1. The maximum absolute atomic E-state index is 12.8. The molecule has 1 aromatic carbocycles. The monoisotopic (exact) mass is 529 g/mol. The summed E-state index contributed by atoms with van der Waals surface area (Å²) in [5.74, 6) is 1.43. The second-order valence-corrected chi connectivity index (χ2v) is 10.4. The third kappa shape index (κ3) is 4.19. The standard InChI is InChI=1S/C23H25BrClN7O/c1-14(2)18-11-30(3)22(33)32(18)20-4-7-26-21(28-20)29-23(5-6-23)19-12-31(13-27-19)17-9-15(24)8-16(25)10-17/h4,7-10,12-14,18H,5-6,11H2,1-3H3,(H,26,28,29)/t18-/m1/s1. The summed E-state index contributed by atoms with van der Waals surface area (Å²) in [6.45, 7) is 4.93. The van der Waals surface area contributed by atoms with Gasteiger partial charge < -0.3 is 14.8 Å². The van der Waals surface area contributed by atoms with Crippen LogP contribution in [0.1, 0.15) is 32.4 Å². The molecule has 0 spiro atoms. The average molecular weight is 531 g/mol. The van der Waals surface area contributed by atoms with Crippen molar-refractivity contribution >= 4 is 45.3 Å². The Hall–Kier alpha value is -2.65. The highest BCUT2D eigenvalue weighted by molar-refractivity contribution is 9.10. The molecule has 1 aliphatic heterocycles. The van der Waals surface area contributed by atoms with Crippen LogP contribution >= 0.6 is 27.5 Å². The summed E-state index contributed by atoms with van der Waals surface area (Å²) in [6.07, 6.45) is 7.35. The molecule has 2 fully saturated rings. The number of halogens is 2. The lowest BCUT2D eigenvalue weighted by atomic mass is 10.0. The van der Waals surface area contributed by atoms with Gasteiger partial charge in [0.25, 0.3) is 0 Å². The fourth-order valence-electron chi connectivity index (χ4n) is 4.27. The van der Waals surface area contributed by atoms with Crippen LogP contribution < -0.4 is 10.2 Å². The molecule has 2 aliphatic rings. The van der Waals surface area contributed by atoms with Gasteiger partial charge in [-0.25, -0.2) is 14.8 Å². The molecule has 10 heteroatoms. The quantitative estimate of drug-likeness (QED) is 0.481. The molecule has 0 unspecified atom stereocenters. The molecule has 1 aliphatic carbocycles. The Labute approximate surface area is 206 Å². The molecule has 2 amide bonds. The van der Waals surface area contributed by atoms with Gasteiger partial charge in [-0.05, 0) is 43.0 Å². The first kappa shape index (κ1) is 22.2. The van der Waals surface area contributed by atoms with E-state index < -0.39 is 0 Å². The number of rotatable bonds is 6. The average Bonchev–Trinajstić information content (AvgIpc) is 3.23. The summed E-state index contributed by atoms with van der Waals surface area (Å²) in [6, 6.07) is 7.57. The number of nitrogens with one attached hydrogen (secondary N) is 1. The van der Waals surface area contributed by atoms with Crippen molar-refractivity contribution in [2.24, 2.45) is 5.92 Å². The summed E-state index contributed by atoms with van der Waals surface area (Å²) >= 11 is 9.70. The molecule has 0 radical (unpaired) electrons. The minimum absolute atomic E-state index is 0.0362. The number of carbonyl (C=O) groups is 1. The van der Waals surface area contributed by atoms with Gasteiger partial charge in [-0.2, -0.15) is 4.98 Å². The first-order valence-electron chi connectivity index (χ1n) is 10.9. The third-order valence-corrected chi connectivity index (χ3v) is 6.98. The summed E-state index contributed by atoms with van der Waals surface area (Å²) in [4.78, 5) is 30.1. The van der Waals surface area contributed by atoms with Crippen molar-refractivity contribution in [3.8, 4) is 5.69 Å². The maximum Gasteiger partial charge on any atom is 0.325 e. The summed E-state index contributed by atoms with van der Waals surface area (Å²) < 4.78 is 2.86. The number of hydrogen-bond donors (Lipinski definition) is 1. The van der Waals surface area contributed by atoms with Gasteiger partial charge in [0, 0.05) is 41.2 Å². The Balaban J connectivity index is 1.39. The van der Waals surface area contributed by atoms with Crippen LogP contribution in [0.3, 0.4) is 0 Å². The fraction of sp³-hybridized carbons (Fsp3) is 0.391. The predicted octanol–water partition coefficient (Wildman–Crippen LogP) is 5.08. The number of nitrogens with zero attached hydrogens (tertiary/aromatic N) is 6. The van der Waals surface area contributed by atoms with Crippen molar-refractivity contribution in [1.82, 2.24) is 24.4 Å². The van der Waals surface area contributed by atoms with Crippen LogP contribution in [0.5, 0.6) is 0 Å². The van der Waals surface area contributed by atoms with Crippen LogP contribution in [0.4, 0.5) is 16.6 Å². The Bertz CT molecular complexity index is 1190. The molecule has 33 heavy (non-hydrogen) atoms. The highest BCUT2D eigenvalue weighted by Crippen LogP contribution is 2.47. The summed E-state index contributed by atoms with van der Waals surface area (Å²) in [5, 5.41) is 4.14. The fourth-order valence-corrected chi connectivity index (χ4v) is 5.11. The number of likely N-dealkylation sites (N-methyl/N-ethyl adjacent to an activating group) is 1. The van der Waals surface area contributed by atoms with Crippen LogP contribution in [0, 0.1) is 5.92 Å². The molecule has 1 saturated carbocycles. The van der Waals surface area contributed by atoms with Gasteiger partial charge in [-0.1, -0.05) is 41.4 Å². The number of amides is 2. The highest BCUT2D eigenvalue weighted by atomic mass is 79.9. The number of hydrogen-bond acceptors (Lipinski definition) is 5. The topological polar surface area (TPSA) is 79.2 Å². The molecule has 2 aromatic heterocycles. The van der Waals surface area contributed by atoms with Crippen molar-refractivity contribution in [2.75, 3.05) is 23.8 Å². The molecular weight excluding hydrogens is 506 g/mol. The first-order valence-corrected chi connectivity index (χ1v) is 12.1. The van der Waals surface area contributed by atoms with Gasteiger partial charge in [0.05, 0.1) is 23.6 Å². The van der Waals surface area contributed by atoms with Gasteiger partial charge in [0.1, 0.15) is 5.82 Å². The number of benzene rings is 1. The molecule has 1 N–H and O–H groups in total. The van der Waals surface area contributed by atoms with Gasteiger partial charge in [0.2, 0.25) is 5.95 Å². The van der Waals surface area contributed by atoms with Gasteiger partial charge in [-0.15, -0.1) is 0 Å². The number of carbonyl (C=O) groups excluding carboxylic acids is 1. The Morgan fingerprint density at radius 3 is 2.73 bits per heavy atom. The van der Waals surface area contributed by atoms with Gasteiger partial charge in [0.15, 0.2) is 0 Å². The van der Waals surface area contributed by atoms with Crippen molar-refractivity contribution in [3.05, 3.63) is 58.2 Å². The van der Waals surface area contributed by atoms with Crippen molar-refractivity contribution < 1.29 is 4.79 Å². The third-order valence-electron chi connectivity index (χ3n) is 6.30. The van der Waals surface area contributed by atoms with Crippen molar-refractivity contribution in [3.63, 3.8) is 0 Å². The van der Waals surface area contributed by atoms with E-state index in [-0.39, 0.29) is 17.6 Å². The van der Waals surface area contributed by atoms with Crippen LogP contribution in [0.15, 0.2) is 47.5 Å². The van der Waals surface area contributed by atoms with Crippen LogP contribution in [0.2, 0.25) is 5.02 Å². The lowest BCUT2D eigenvalue weighted by Gasteiger charge is -2.25. The lowest BCUT2D eigenvalue weighted by molar-refractivity contribution is 0.229. The summed E-state index contributed by atoms with van der Waals surface area (Å²) in [7, 11) is 1.83. The van der Waals surface area contributed by atoms with E-state index in [1.165, 1.54) is 0 Å². The SMILES string of the molecule is CC(C)[C@H]1CN(C)C(=O)N1c1ccnc(NC2(c3cn(-c4cc(Cl)cc(Br)c4)cn3)CC2)n1. The van der Waals surface area contributed by atoms with E-state index in [0.717, 1.165) is 28.7 Å². The van der Waals surface area contributed by atoms with E-state index in [1.54, 1.807) is 28.4 Å². The molecule has 1 saturated heterocycles. The minimum Gasteiger partial charge on any atom is -0.343 e. The van der Waals surface area contributed by atoms with Crippen LogP contribution in [-0.4, -0.2) is 50.1 Å². The molecule has 8 nitrogen and oxygen atoms in total. The van der Waals surface area contributed by atoms with Crippen molar-refractivity contribution in [2.45, 2.75) is 38.3 Å². The minimum atomic E-state index is -0.317. The lowest BCUT2D eigenvalue weighted by Crippen LogP contribution is -2.38. The van der Waals surface area contributed by atoms with Gasteiger partial charge in [-0.3, -0.25) is 4.90 Å². The smallest absolute Gasteiger partial charge is 0.325 e. The molecule has 5 rings (SSSR count). The van der Waals surface area contributed by atoms with Crippen LogP contribution in [-0.2, 0) is 5.54 Å². The van der Waals surface area contributed by atoms with E-state index in [4.69, 9.17) is 16.6 Å². The molecule has 3 heterocycles. The largest absolute Gasteiger partial charge is 0.343 e. The number of aromatic nitrogens is 4. The molecule has 0 bridgehead atoms. The number of anilines is 2. The zero-order valence-electron chi connectivity index (χ0n) is 18.7. The Morgan fingerprint density at radius 2 is 2.03 bits per heavy atom. The van der Waals surface area contributed by atoms with E-state index in [9.17, 15) is 4.79 Å². The number of urea groups is 1. The second-order valence-electron chi connectivity index (χ2n) is 9.08. The van der Waals surface area contributed by atoms with E-state index in [0.29, 0.717) is 29.3 Å². The maximum atomic E-state index is 12.8. The first-order chi connectivity index (χ1) is 15.8. The normalized spacial score (nSPS) is 19.5. The Kier molecular flexibility index (Phi) is 5.56. The molecule has 1 atom stereocenters. The zero-order valence-corrected chi connectivity index (χ0v) is 21.0. The Morgan fingerprint density at radius 1 is 1.24 bits per heavy atom. The zero-order chi connectivity index (χ0) is 23.3. The highest BCUT2D eigenvalue weighted by Gasteiger charge is 2.47. The predicted molar refractivity (Wildman–Crippen MR) is 132 cm³/mol. The molecule has 3 aromatic rings. The van der Waals surface area contributed by atoms with E-state index in [1.807, 2.05) is 36.0 Å². The van der Waals surface area contributed by atoms with Crippen LogP contribution in [0.25, 0.3) is 5.69 Å². The van der Waals surface area contributed by atoms with E-state index in [2.05, 4.69) is 45.1 Å².